The van der Waals surface area contributed by atoms with E-state index in [9.17, 15) is 14.4 Å². The van der Waals surface area contributed by atoms with E-state index < -0.39 is 6.09 Å². The van der Waals surface area contributed by atoms with Crippen LogP contribution in [0.5, 0.6) is 0 Å². The van der Waals surface area contributed by atoms with Gasteiger partial charge < -0.3 is 15.0 Å². The Morgan fingerprint density at radius 1 is 1.29 bits per heavy atom. The highest BCUT2D eigenvalue weighted by molar-refractivity contribution is 6.02. The number of methoxy groups -OCH3 is 1. The summed E-state index contributed by atoms with van der Waals surface area (Å²) < 4.78 is 4.58. The number of ether oxygens (including phenoxy) is 1. The molecule has 0 aromatic heterocycles. The van der Waals surface area contributed by atoms with Gasteiger partial charge in [-0.1, -0.05) is 12.1 Å². The molecule has 7 nitrogen and oxygen atoms in total. The minimum Gasteiger partial charge on any atom is -0.453 e. The minimum atomic E-state index is -0.630. The van der Waals surface area contributed by atoms with Crippen molar-refractivity contribution in [3.05, 3.63) is 29.8 Å². The van der Waals surface area contributed by atoms with Gasteiger partial charge in [0.15, 0.2) is 0 Å². The zero-order valence-corrected chi connectivity index (χ0v) is 14.0. The lowest BCUT2D eigenvalue weighted by atomic mass is 9.96. The van der Waals surface area contributed by atoms with Crippen molar-refractivity contribution in [2.45, 2.75) is 19.8 Å². The molecule has 1 saturated heterocycles. The lowest BCUT2D eigenvalue weighted by Gasteiger charge is -2.32. The van der Waals surface area contributed by atoms with Crippen LogP contribution < -0.4 is 10.6 Å². The average Bonchev–Trinajstić information content (AvgIpc) is 2.61. The van der Waals surface area contributed by atoms with Gasteiger partial charge in [0.1, 0.15) is 0 Å². The number of rotatable bonds is 4. The number of hydrogen-bond acceptors (Lipinski definition) is 4. The number of anilines is 1. The summed E-state index contributed by atoms with van der Waals surface area (Å²) in [5.41, 5.74) is 0.786. The molecule has 1 aliphatic heterocycles. The first-order valence-corrected chi connectivity index (χ1v) is 8.07. The van der Waals surface area contributed by atoms with Gasteiger partial charge in [0, 0.05) is 19.6 Å². The van der Waals surface area contributed by atoms with Crippen LogP contribution in [0.3, 0.4) is 0 Å². The predicted molar refractivity (Wildman–Crippen MR) is 89.8 cm³/mol. The molecule has 1 fully saturated rings. The fourth-order valence-corrected chi connectivity index (χ4v) is 2.80. The molecule has 7 heteroatoms. The molecule has 1 aliphatic rings. The monoisotopic (exact) mass is 333 g/mol. The Hall–Kier alpha value is -2.57. The summed E-state index contributed by atoms with van der Waals surface area (Å²) >= 11 is 0. The highest BCUT2D eigenvalue weighted by Gasteiger charge is 2.29. The predicted octanol–water partition coefficient (Wildman–Crippen LogP) is 1.85. The first kappa shape index (κ1) is 17.8. The van der Waals surface area contributed by atoms with Gasteiger partial charge in [-0.3, -0.25) is 14.9 Å². The van der Waals surface area contributed by atoms with Crippen LogP contribution in [0.15, 0.2) is 24.3 Å². The number of nitrogens with one attached hydrogen (secondary N) is 2. The molecule has 0 radical (unpaired) electrons. The lowest BCUT2D eigenvalue weighted by molar-refractivity contribution is -0.126. The zero-order valence-electron chi connectivity index (χ0n) is 14.0. The highest BCUT2D eigenvalue weighted by Crippen LogP contribution is 2.22. The fraction of sp³-hybridized carbons (Fsp3) is 0.471. The molecule has 0 aliphatic carbocycles. The molecule has 1 atom stereocenters. The summed E-state index contributed by atoms with van der Waals surface area (Å²) in [7, 11) is 1.27. The smallest absolute Gasteiger partial charge is 0.411 e. The number of piperidine rings is 1. The number of para-hydroxylation sites is 1. The van der Waals surface area contributed by atoms with Crippen molar-refractivity contribution >= 4 is 23.6 Å². The Balaban J connectivity index is 2.13. The van der Waals surface area contributed by atoms with Crippen LogP contribution in [-0.2, 0) is 9.53 Å². The van der Waals surface area contributed by atoms with Crippen molar-refractivity contribution in [2.75, 3.05) is 32.1 Å². The molecule has 1 aromatic rings. The van der Waals surface area contributed by atoms with E-state index in [1.54, 1.807) is 29.2 Å². The molecule has 130 valence electrons. The van der Waals surface area contributed by atoms with Crippen LogP contribution in [0.1, 0.15) is 30.1 Å². The molecule has 3 amide bonds. The van der Waals surface area contributed by atoms with Gasteiger partial charge in [0.05, 0.1) is 24.3 Å². The van der Waals surface area contributed by atoms with Crippen LogP contribution in [-0.4, -0.2) is 49.6 Å². The van der Waals surface area contributed by atoms with Crippen molar-refractivity contribution in [1.29, 1.82) is 0 Å². The van der Waals surface area contributed by atoms with E-state index in [0.717, 1.165) is 12.8 Å². The van der Waals surface area contributed by atoms with Crippen molar-refractivity contribution in [1.82, 2.24) is 10.2 Å². The van der Waals surface area contributed by atoms with E-state index in [0.29, 0.717) is 30.9 Å². The molecule has 2 N–H and O–H groups in total. The lowest BCUT2D eigenvalue weighted by Crippen LogP contribution is -2.45. The number of benzene rings is 1. The molecule has 1 unspecified atom stereocenters. The normalized spacial score (nSPS) is 17.1. The minimum absolute atomic E-state index is 0.0176. The molecule has 1 heterocycles. The number of likely N-dealkylation sites (tertiary alicyclic amines) is 1. The van der Waals surface area contributed by atoms with Gasteiger partial charge in [-0.15, -0.1) is 0 Å². The number of hydrogen-bond donors (Lipinski definition) is 2. The number of amides is 3. The standard InChI is InChI=1S/C17H23N3O4/c1-3-18-15(21)12-7-6-10-20(11-12)16(22)13-8-4-5-9-14(13)19-17(23)24-2/h4-5,8-9,12H,3,6-7,10-11H2,1-2H3,(H,18,21)(H,19,23). The van der Waals surface area contributed by atoms with E-state index in [2.05, 4.69) is 15.4 Å². The first-order valence-electron chi connectivity index (χ1n) is 8.07. The molecular weight excluding hydrogens is 310 g/mol. The number of nitrogens with zero attached hydrogens (tertiary/aromatic N) is 1. The summed E-state index contributed by atoms with van der Waals surface area (Å²) in [5, 5.41) is 5.36. The molecule has 0 bridgehead atoms. The SMILES string of the molecule is CCNC(=O)C1CCCN(C(=O)c2ccccc2NC(=O)OC)C1. The Bertz CT molecular complexity index is 618. The number of carbonyl (C=O) groups excluding carboxylic acids is 3. The Morgan fingerprint density at radius 2 is 2.04 bits per heavy atom. The van der Waals surface area contributed by atoms with Crippen LogP contribution >= 0.6 is 0 Å². The van der Waals surface area contributed by atoms with Gasteiger partial charge in [-0.05, 0) is 31.9 Å². The second-order valence-corrected chi connectivity index (χ2v) is 5.65. The van der Waals surface area contributed by atoms with Gasteiger partial charge in [-0.2, -0.15) is 0 Å². The van der Waals surface area contributed by atoms with Crippen molar-refractivity contribution in [3.8, 4) is 0 Å². The number of carbonyl (C=O) groups is 3. The maximum absolute atomic E-state index is 12.8. The van der Waals surface area contributed by atoms with E-state index in [1.165, 1.54) is 7.11 Å². The Morgan fingerprint density at radius 3 is 2.75 bits per heavy atom. The summed E-state index contributed by atoms with van der Waals surface area (Å²) in [6, 6.07) is 6.77. The van der Waals surface area contributed by atoms with Gasteiger partial charge >= 0.3 is 6.09 Å². The summed E-state index contributed by atoms with van der Waals surface area (Å²) in [5.74, 6) is -0.407. The average molecular weight is 333 g/mol. The van der Waals surface area contributed by atoms with Crippen LogP contribution in [0.4, 0.5) is 10.5 Å². The second kappa shape index (κ2) is 8.33. The molecule has 0 spiro atoms. The Labute approximate surface area is 141 Å². The molecule has 2 rings (SSSR count). The third kappa shape index (κ3) is 4.24. The van der Waals surface area contributed by atoms with Gasteiger partial charge in [-0.25, -0.2) is 4.79 Å². The van der Waals surface area contributed by atoms with Crippen molar-refractivity contribution in [2.24, 2.45) is 5.92 Å². The second-order valence-electron chi connectivity index (χ2n) is 5.65. The maximum Gasteiger partial charge on any atom is 0.411 e. The fourth-order valence-electron chi connectivity index (χ4n) is 2.80. The summed E-state index contributed by atoms with van der Waals surface area (Å²) in [6.45, 7) is 3.44. The van der Waals surface area contributed by atoms with E-state index in [-0.39, 0.29) is 17.7 Å². The van der Waals surface area contributed by atoms with Gasteiger partial charge in [0.25, 0.3) is 5.91 Å². The Kier molecular flexibility index (Phi) is 6.17. The van der Waals surface area contributed by atoms with E-state index in [4.69, 9.17) is 0 Å². The van der Waals surface area contributed by atoms with Crippen LogP contribution in [0.25, 0.3) is 0 Å². The summed E-state index contributed by atoms with van der Waals surface area (Å²) in [4.78, 5) is 38.0. The molecular formula is C17H23N3O4. The third-order valence-corrected chi connectivity index (χ3v) is 4.01. The first-order chi connectivity index (χ1) is 11.6. The quantitative estimate of drug-likeness (QED) is 0.880. The van der Waals surface area contributed by atoms with Crippen LogP contribution in [0, 0.1) is 5.92 Å². The zero-order chi connectivity index (χ0) is 17.5. The largest absolute Gasteiger partial charge is 0.453 e. The van der Waals surface area contributed by atoms with Gasteiger partial charge in [0.2, 0.25) is 5.91 Å². The van der Waals surface area contributed by atoms with E-state index in [1.807, 2.05) is 6.92 Å². The van der Waals surface area contributed by atoms with Crippen LogP contribution in [0.2, 0.25) is 0 Å². The van der Waals surface area contributed by atoms with E-state index >= 15 is 0 Å². The van der Waals surface area contributed by atoms with Crippen molar-refractivity contribution in [3.63, 3.8) is 0 Å². The topological polar surface area (TPSA) is 87.7 Å². The molecule has 0 saturated carbocycles. The molecule has 24 heavy (non-hydrogen) atoms. The highest BCUT2D eigenvalue weighted by atomic mass is 16.5. The summed E-state index contributed by atoms with van der Waals surface area (Å²) in [6.07, 6.45) is 0.923. The van der Waals surface area contributed by atoms with Crippen molar-refractivity contribution < 1.29 is 19.1 Å². The maximum atomic E-state index is 12.8. The third-order valence-electron chi connectivity index (χ3n) is 4.01. The molecule has 1 aromatic carbocycles.